The van der Waals surface area contributed by atoms with Gasteiger partial charge < -0.3 is 10.1 Å². The third-order valence-corrected chi connectivity index (χ3v) is 6.28. The van der Waals surface area contributed by atoms with Gasteiger partial charge in [0.15, 0.2) is 0 Å². The summed E-state index contributed by atoms with van der Waals surface area (Å²) < 4.78 is 5.99. The zero-order chi connectivity index (χ0) is 18.1. The molecule has 3 aliphatic rings. The van der Waals surface area contributed by atoms with Crippen molar-refractivity contribution in [3.05, 3.63) is 17.0 Å². The van der Waals surface area contributed by atoms with Gasteiger partial charge in [-0.3, -0.25) is 14.8 Å². The van der Waals surface area contributed by atoms with Crippen LogP contribution in [0.2, 0.25) is 0 Å². The van der Waals surface area contributed by atoms with Crippen LogP contribution < -0.4 is 5.32 Å². The standard InChI is InChI=1S/C20H32N4O2/c1-13(2)19-11-24-10-14(9-15(24)12-26-19)21-20(25)8-7-18-16-5-3-4-6-17(16)22-23-18/h13-15,19H,3-12H2,1-2H3,(H,21,25)(H,22,23)/t14-,15-,19+/m0/s1. The van der Waals surface area contributed by atoms with Gasteiger partial charge in [-0.15, -0.1) is 0 Å². The van der Waals surface area contributed by atoms with Crippen LogP contribution in [0.25, 0.3) is 0 Å². The third kappa shape index (κ3) is 3.81. The summed E-state index contributed by atoms with van der Waals surface area (Å²) >= 11 is 0. The van der Waals surface area contributed by atoms with Crippen LogP contribution in [0.4, 0.5) is 0 Å². The number of rotatable bonds is 5. The number of aromatic amines is 1. The van der Waals surface area contributed by atoms with E-state index in [2.05, 4.69) is 34.3 Å². The minimum atomic E-state index is 0.156. The van der Waals surface area contributed by atoms with Gasteiger partial charge in [-0.25, -0.2) is 0 Å². The van der Waals surface area contributed by atoms with Crippen LogP contribution in [-0.2, 0) is 28.8 Å². The molecule has 0 unspecified atom stereocenters. The summed E-state index contributed by atoms with van der Waals surface area (Å²) in [6.07, 6.45) is 7.31. The molecule has 1 amide bonds. The number of ether oxygens (including phenoxy) is 1. The predicted octanol–water partition coefficient (Wildman–Crippen LogP) is 1.83. The molecule has 3 atom stereocenters. The summed E-state index contributed by atoms with van der Waals surface area (Å²) in [5, 5.41) is 10.9. The van der Waals surface area contributed by atoms with Crippen LogP contribution in [0.15, 0.2) is 0 Å². The summed E-state index contributed by atoms with van der Waals surface area (Å²) in [7, 11) is 0. The van der Waals surface area contributed by atoms with Crippen LogP contribution in [0.3, 0.4) is 0 Å². The number of carbonyl (C=O) groups is 1. The van der Waals surface area contributed by atoms with E-state index in [9.17, 15) is 4.79 Å². The second-order valence-electron chi connectivity index (χ2n) is 8.56. The molecule has 0 bridgehead atoms. The molecule has 0 radical (unpaired) electrons. The van der Waals surface area contributed by atoms with Crippen LogP contribution >= 0.6 is 0 Å². The van der Waals surface area contributed by atoms with Crippen molar-refractivity contribution in [3.63, 3.8) is 0 Å². The van der Waals surface area contributed by atoms with E-state index in [-0.39, 0.29) is 11.9 Å². The maximum atomic E-state index is 12.4. The molecule has 6 nitrogen and oxygen atoms in total. The van der Waals surface area contributed by atoms with E-state index in [1.807, 2.05) is 0 Å². The number of nitrogens with zero attached hydrogens (tertiary/aromatic N) is 2. The van der Waals surface area contributed by atoms with Crippen molar-refractivity contribution in [2.75, 3.05) is 19.7 Å². The van der Waals surface area contributed by atoms with E-state index in [0.717, 1.165) is 51.1 Å². The van der Waals surface area contributed by atoms with E-state index < -0.39 is 0 Å². The third-order valence-electron chi connectivity index (χ3n) is 6.28. The lowest BCUT2D eigenvalue weighted by molar-refractivity contribution is -0.121. The minimum Gasteiger partial charge on any atom is -0.375 e. The van der Waals surface area contributed by atoms with E-state index in [0.29, 0.717) is 24.5 Å². The number of morpholine rings is 1. The Morgan fingerprint density at radius 1 is 1.35 bits per heavy atom. The van der Waals surface area contributed by atoms with Crippen molar-refractivity contribution in [2.45, 2.75) is 77.0 Å². The molecule has 0 saturated carbocycles. The second-order valence-corrected chi connectivity index (χ2v) is 8.56. The molecule has 144 valence electrons. The highest BCUT2D eigenvalue weighted by molar-refractivity contribution is 5.76. The first-order valence-corrected chi connectivity index (χ1v) is 10.3. The molecule has 2 aliphatic heterocycles. The molecule has 4 rings (SSSR count). The lowest BCUT2D eigenvalue weighted by Gasteiger charge is -2.36. The normalized spacial score (nSPS) is 28.8. The molecule has 1 aromatic rings. The van der Waals surface area contributed by atoms with Crippen molar-refractivity contribution in [3.8, 4) is 0 Å². The largest absolute Gasteiger partial charge is 0.375 e. The highest BCUT2D eigenvalue weighted by Crippen LogP contribution is 2.26. The number of carbonyl (C=O) groups excluding carboxylic acids is 1. The molecular formula is C20H32N4O2. The Hall–Kier alpha value is -1.40. The number of hydrogen-bond donors (Lipinski definition) is 2. The van der Waals surface area contributed by atoms with Gasteiger partial charge in [0.1, 0.15) is 0 Å². The monoisotopic (exact) mass is 360 g/mol. The number of nitrogens with one attached hydrogen (secondary N) is 2. The molecule has 2 fully saturated rings. The molecule has 1 aromatic heterocycles. The van der Waals surface area contributed by atoms with E-state index in [4.69, 9.17) is 4.74 Å². The van der Waals surface area contributed by atoms with Crippen LogP contribution in [0.1, 0.15) is 56.5 Å². The van der Waals surface area contributed by atoms with Gasteiger partial charge in [0.05, 0.1) is 18.4 Å². The Balaban J connectivity index is 1.25. The number of H-pyrrole nitrogens is 1. The fourth-order valence-corrected chi connectivity index (χ4v) is 4.70. The number of aromatic nitrogens is 2. The van der Waals surface area contributed by atoms with Gasteiger partial charge in [0.25, 0.3) is 0 Å². The molecule has 1 aliphatic carbocycles. The number of fused-ring (bicyclic) bond motifs is 2. The zero-order valence-corrected chi connectivity index (χ0v) is 16.1. The van der Waals surface area contributed by atoms with Crippen molar-refractivity contribution in [2.24, 2.45) is 5.92 Å². The Labute approximate surface area is 156 Å². The molecule has 0 aromatic carbocycles. The van der Waals surface area contributed by atoms with E-state index in [1.165, 1.54) is 24.1 Å². The average molecular weight is 361 g/mol. The zero-order valence-electron chi connectivity index (χ0n) is 16.1. The average Bonchev–Trinajstić information content (AvgIpc) is 3.22. The molecular weight excluding hydrogens is 328 g/mol. The first kappa shape index (κ1) is 18.0. The molecule has 0 spiro atoms. The number of hydrogen-bond acceptors (Lipinski definition) is 4. The fraction of sp³-hybridized carbons (Fsp3) is 0.800. The van der Waals surface area contributed by atoms with Crippen molar-refractivity contribution in [1.82, 2.24) is 20.4 Å². The smallest absolute Gasteiger partial charge is 0.220 e. The summed E-state index contributed by atoms with van der Waals surface area (Å²) in [6.45, 7) is 7.19. The maximum absolute atomic E-state index is 12.4. The van der Waals surface area contributed by atoms with E-state index in [1.54, 1.807) is 0 Å². The highest BCUT2D eigenvalue weighted by atomic mass is 16.5. The highest BCUT2D eigenvalue weighted by Gasteiger charge is 2.38. The van der Waals surface area contributed by atoms with Gasteiger partial charge in [-0.2, -0.15) is 5.10 Å². The molecule has 2 saturated heterocycles. The lowest BCUT2D eigenvalue weighted by atomic mass is 9.94. The van der Waals surface area contributed by atoms with Gasteiger partial charge >= 0.3 is 0 Å². The Morgan fingerprint density at radius 3 is 3.04 bits per heavy atom. The van der Waals surface area contributed by atoms with Gasteiger partial charge in [-0.05, 0) is 43.6 Å². The number of aryl methyl sites for hydroxylation is 2. The molecule has 26 heavy (non-hydrogen) atoms. The number of amides is 1. The molecule has 2 N–H and O–H groups in total. The fourth-order valence-electron chi connectivity index (χ4n) is 4.70. The Bertz CT molecular complexity index is 642. The summed E-state index contributed by atoms with van der Waals surface area (Å²) in [6, 6.07) is 0.726. The van der Waals surface area contributed by atoms with Gasteiger partial charge in [0.2, 0.25) is 5.91 Å². The molecule has 3 heterocycles. The van der Waals surface area contributed by atoms with E-state index >= 15 is 0 Å². The van der Waals surface area contributed by atoms with Gasteiger partial charge in [0, 0.05) is 43.7 Å². The quantitative estimate of drug-likeness (QED) is 0.841. The Morgan fingerprint density at radius 2 is 2.19 bits per heavy atom. The van der Waals surface area contributed by atoms with Crippen molar-refractivity contribution >= 4 is 5.91 Å². The topological polar surface area (TPSA) is 70.2 Å². The predicted molar refractivity (Wildman–Crippen MR) is 100 cm³/mol. The van der Waals surface area contributed by atoms with Gasteiger partial charge in [-0.1, -0.05) is 13.8 Å². The lowest BCUT2D eigenvalue weighted by Crippen LogP contribution is -2.48. The maximum Gasteiger partial charge on any atom is 0.220 e. The first-order valence-electron chi connectivity index (χ1n) is 10.3. The van der Waals surface area contributed by atoms with Crippen molar-refractivity contribution in [1.29, 1.82) is 0 Å². The molecule has 6 heteroatoms. The Kier molecular flexibility index (Phi) is 5.32. The van der Waals surface area contributed by atoms with Crippen LogP contribution in [0.5, 0.6) is 0 Å². The second kappa shape index (κ2) is 7.69. The first-order chi connectivity index (χ1) is 12.6. The summed E-state index contributed by atoms with van der Waals surface area (Å²) in [5.41, 5.74) is 3.77. The van der Waals surface area contributed by atoms with Crippen molar-refractivity contribution < 1.29 is 9.53 Å². The minimum absolute atomic E-state index is 0.156. The van der Waals surface area contributed by atoms with Crippen LogP contribution in [0, 0.1) is 5.92 Å². The summed E-state index contributed by atoms with van der Waals surface area (Å²) in [5.74, 6) is 0.702. The van der Waals surface area contributed by atoms with Crippen LogP contribution in [-0.4, -0.2) is 58.9 Å². The SMILES string of the molecule is CC(C)[C@H]1CN2C[C@@H](NC(=O)CCc3n[nH]c4c3CCCC4)C[C@H]2CO1. The summed E-state index contributed by atoms with van der Waals surface area (Å²) in [4.78, 5) is 14.9.